The molecule has 1 aliphatic heterocycles. The zero-order valence-corrected chi connectivity index (χ0v) is 23.0. The van der Waals surface area contributed by atoms with E-state index in [4.69, 9.17) is 9.47 Å². The summed E-state index contributed by atoms with van der Waals surface area (Å²) in [6.07, 6.45) is 0.286. The fraction of sp³-hybridized carbons (Fsp3) is 0.464. The Morgan fingerprint density at radius 2 is 1.92 bits per heavy atom. The monoisotopic (exact) mass is 518 g/mol. The zero-order chi connectivity index (χ0) is 27.8. The molecule has 200 valence electrons. The van der Waals surface area contributed by atoms with Gasteiger partial charge < -0.3 is 19.3 Å². The molecule has 1 aromatic carbocycles. The second-order valence-electron chi connectivity index (χ2n) is 10.8. The number of carbonyl (C=O) groups excluding carboxylic acids is 2. The van der Waals surface area contributed by atoms with E-state index in [0.717, 1.165) is 16.7 Å². The standard InChI is InChI=1S/C28H34N6O4/c1-8-37-25(35)22-30-23-20(16-29)18(2)21(19-12-10-9-11-13-19)24(34(23)31-22)33-15-14-28(6,17-33)32(7)26(36)38-27(3,4)5/h9-13H,8,14-15,17H2,1-7H3/t28-/m0/s1. The smallest absolute Gasteiger partial charge is 0.410 e. The van der Waals surface area contributed by atoms with Gasteiger partial charge in [0.05, 0.1) is 12.1 Å². The molecule has 10 nitrogen and oxygen atoms in total. The number of likely N-dealkylation sites (N-methyl/N-ethyl adjacent to an activating group) is 1. The number of amides is 1. The number of carbonyl (C=O) groups is 2. The summed E-state index contributed by atoms with van der Waals surface area (Å²) in [6, 6.07) is 12.0. The number of aromatic nitrogens is 3. The third-order valence-corrected chi connectivity index (χ3v) is 6.87. The highest BCUT2D eigenvalue weighted by Gasteiger charge is 2.43. The van der Waals surface area contributed by atoms with Crippen LogP contribution in [-0.2, 0) is 9.47 Å². The molecule has 3 heterocycles. The molecule has 1 saturated heterocycles. The molecule has 0 saturated carbocycles. The SMILES string of the molecule is CCOC(=O)c1nc2c(C#N)c(C)c(-c3ccccc3)c(N3CC[C@](C)(N(C)C(=O)OC(C)(C)C)C3)n2n1. The normalized spacial score (nSPS) is 17.4. The third-order valence-electron chi connectivity index (χ3n) is 6.87. The molecule has 0 bridgehead atoms. The molecule has 2 aromatic heterocycles. The van der Waals surface area contributed by atoms with Crippen molar-refractivity contribution in [2.24, 2.45) is 0 Å². The van der Waals surface area contributed by atoms with Gasteiger partial charge in [0.25, 0.3) is 5.82 Å². The molecule has 1 aliphatic rings. The van der Waals surface area contributed by atoms with E-state index in [1.165, 1.54) is 0 Å². The van der Waals surface area contributed by atoms with Crippen molar-refractivity contribution in [1.29, 1.82) is 5.26 Å². The van der Waals surface area contributed by atoms with Gasteiger partial charge in [0.1, 0.15) is 23.1 Å². The first-order valence-corrected chi connectivity index (χ1v) is 12.7. The van der Waals surface area contributed by atoms with Crippen LogP contribution in [0.3, 0.4) is 0 Å². The summed E-state index contributed by atoms with van der Waals surface area (Å²) < 4.78 is 12.3. The first kappa shape index (κ1) is 26.9. The Balaban J connectivity index is 1.89. The minimum absolute atomic E-state index is 0.109. The minimum Gasteiger partial charge on any atom is -0.460 e. The van der Waals surface area contributed by atoms with Gasteiger partial charge in [-0.05, 0) is 59.1 Å². The van der Waals surface area contributed by atoms with E-state index < -0.39 is 23.2 Å². The van der Waals surface area contributed by atoms with Crippen molar-refractivity contribution in [2.45, 2.75) is 59.1 Å². The van der Waals surface area contributed by atoms with Crippen LogP contribution in [0, 0.1) is 18.3 Å². The molecule has 1 fully saturated rings. The van der Waals surface area contributed by atoms with Gasteiger partial charge in [-0.15, -0.1) is 5.10 Å². The van der Waals surface area contributed by atoms with Gasteiger partial charge >= 0.3 is 12.1 Å². The second kappa shape index (κ2) is 9.97. The van der Waals surface area contributed by atoms with E-state index in [1.807, 2.05) is 65.0 Å². The molecule has 0 radical (unpaired) electrons. The second-order valence-corrected chi connectivity index (χ2v) is 10.8. The summed E-state index contributed by atoms with van der Waals surface area (Å²) in [5.74, 6) is -0.0602. The summed E-state index contributed by atoms with van der Waals surface area (Å²) in [5.41, 5.74) is 1.94. The number of esters is 1. The number of rotatable bonds is 5. The first-order valence-electron chi connectivity index (χ1n) is 12.7. The van der Waals surface area contributed by atoms with E-state index >= 15 is 0 Å². The Morgan fingerprint density at radius 1 is 1.24 bits per heavy atom. The Hall–Kier alpha value is -4.13. The molecule has 0 aliphatic carbocycles. The lowest BCUT2D eigenvalue weighted by atomic mass is 9.97. The molecular weight excluding hydrogens is 484 g/mol. The molecule has 0 N–H and O–H groups in total. The Kier molecular flexibility index (Phi) is 7.06. The van der Waals surface area contributed by atoms with Crippen LogP contribution in [0.15, 0.2) is 30.3 Å². The lowest BCUT2D eigenvalue weighted by molar-refractivity contribution is 0.0116. The Bertz CT molecular complexity index is 1420. The number of hydrogen-bond donors (Lipinski definition) is 0. The van der Waals surface area contributed by atoms with Crippen LogP contribution in [0.1, 0.15) is 62.8 Å². The number of benzene rings is 1. The van der Waals surface area contributed by atoms with Crippen LogP contribution in [0.2, 0.25) is 0 Å². The first-order chi connectivity index (χ1) is 17.9. The molecular formula is C28H34N6O4. The van der Waals surface area contributed by atoms with Crippen LogP contribution in [0.25, 0.3) is 16.8 Å². The molecule has 1 amide bonds. The van der Waals surface area contributed by atoms with E-state index in [2.05, 4.69) is 21.1 Å². The van der Waals surface area contributed by atoms with Gasteiger partial charge in [-0.2, -0.15) is 14.8 Å². The predicted molar refractivity (Wildman–Crippen MR) is 143 cm³/mol. The molecule has 0 spiro atoms. The fourth-order valence-electron chi connectivity index (χ4n) is 4.80. The van der Waals surface area contributed by atoms with Crippen LogP contribution >= 0.6 is 0 Å². The van der Waals surface area contributed by atoms with Gasteiger partial charge in [0, 0.05) is 25.7 Å². The maximum absolute atomic E-state index is 12.9. The number of pyridine rings is 1. The van der Waals surface area contributed by atoms with Crippen molar-refractivity contribution in [3.63, 3.8) is 0 Å². The number of anilines is 1. The van der Waals surface area contributed by atoms with Gasteiger partial charge in [-0.1, -0.05) is 30.3 Å². The van der Waals surface area contributed by atoms with E-state index in [-0.39, 0.29) is 18.1 Å². The van der Waals surface area contributed by atoms with Crippen LogP contribution in [0.4, 0.5) is 10.6 Å². The van der Waals surface area contributed by atoms with Gasteiger partial charge in [0.15, 0.2) is 5.65 Å². The van der Waals surface area contributed by atoms with Crippen molar-refractivity contribution >= 4 is 23.5 Å². The van der Waals surface area contributed by atoms with Crippen LogP contribution in [0.5, 0.6) is 0 Å². The van der Waals surface area contributed by atoms with Crippen LogP contribution in [-0.4, -0.2) is 69.4 Å². The maximum atomic E-state index is 12.9. The van der Waals surface area contributed by atoms with E-state index in [0.29, 0.717) is 30.9 Å². The molecule has 38 heavy (non-hydrogen) atoms. The van der Waals surface area contributed by atoms with E-state index in [9.17, 15) is 14.9 Å². The van der Waals surface area contributed by atoms with Gasteiger partial charge in [0.2, 0.25) is 0 Å². The number of nitrogens with zero attached hydrogens (tertiary/aromatic N) is 6. The van der Waals surface area contributed by atoms with Crippen molar-refractivity contribution in [3.8, 4) is 17.2 Å². The number of nitriles is 1. The largest absolute Gasteiger partial charge is 0.460 e. The Morgan fingerprint density at radius 3 is 2.53 bits per heavy atom. The molecule has 4 rings (SSSR count). The number of fused-ring (bicyclic) bond motifs is 1. The lowest BCUT2D eigenvalue weighted by Crippen LogP contribution is -2.50. The highest BCUT2D eigenvalue weighted by molar-refractivity contribution is 5.89. The number of hydrogen-bond acceptors (Lipinski definition) is 8. The molecule has 3 aromatic rings. The summed E-state index contributed by atoms with van der Waals surface area (Å²) in [5, 5.41) is 14.6. The summed E-state index contributed by atoms with van der Waals surface area (Å²) in [7, 11) is 1.75. The number of ether oxygens (including phenoxy) is 2. The quantitative estimate of drug-likeness (QED) is 0.451. The zero-order valence-electron chi connectivity index (χ0n) is 23.0. The van der Waals surface area contributed by atoms with E-state index in [1.54, 1.807) is 23.4 Å². The van der Waals surface area contributed by atoms with Crippen molar-refractivity contribution in [3.05, 3.63) is 47.3 Å². The van der Waals surface area contributed by atoms with Crippen LogP contribution < -0.4 is 4.90 Å². The maximum Gasteiger partial charge on any atom is 0.410 e. The lowest BCUT2D eigenvalue weighted by Gasteiger charge is -2.36. The summed E-state index contributed by atoms with van der Waals surface area (Å²) in [4.78, 5) is 33.7. The van der Waals surface area contributed by atoms with Gasteiger partial charge in [-0.25, -0.2) is 9.59 Å². The van der Waals surface area contributed by atoms with Crippen molar-refractivity contribution in [1.82, 2.24) is 19.5 Å². The molecule has 1 atom stereocenters. The highest BCUT2D eigenvalue weighted by atomic mass is 16.6. The predicted octanol–water partition coefficient (Wildman–Crippen LogP) is 4.59. The van der Waals surface area contributed by atoms with Gasteiger partial charge in [-0.3, -0.25) is 0 Å². The third kappa shape index (κ3) is 4.88. The Labute approximate surface area is 222 Å². The summed E-state index contributed by atoms with van der Waals surface area (Å²) >= 11 is 0. The topological polar surface area (TPSA) is 113 Å². The average molecular weight is 519 g/mol. The minimum atomic E-state index is -0.652. The van der Waals surface area contributed by atoms with Crippen molar-refractivity contribution in [2.75, 3.05) is 31.6 Å². The molecule has 0 unspecified atom stereocenters. The van der Waals surface area contributed by atoms with Crippen molar-refractivity contribution < 1.29 is 19.1 Å². The fourth-order valence-corrected chi connectivity index (χ4v) is 4.80. The highest BCUT2D eigenvalue weighted by Crippen LogP contribution is 2.40. The molecule has 10 heteroatoms. The summed E-state index contributed by atoms with van der Waals surface area (Å²) in [6.45, 7) is 12.4. The average Bonchev–Trinajstić information content (AvgIpc) is 3.47.